The number of nitrogens with one attached hydrogen (secondary N) is 1. The highest BCUT2D eigenvalue weighted by Crippen LogP contribution is 2.27. The van der Waals surface area contributed by atoms with Gasteiger partial charge in [-0.3, -0.25) is 4.79 Å². The van der Waals surface area contributed by atoms with Gasteiger partial charge in [0.15, 0.2) is 0 Å². The van der Waals surface area contributed by atoms with Crippen molar-refractivity contribution in [2.45, 2.75) is 34.1 Å². The van der Waals surface area contributed by atoms with E-state index in [0.717, 1.165) is 16.8 Å². The van der Waals surface area contributed by atoms with E-state index in [2.05, 4.69) is 37.9 Å². The molecule has 3 nitrogen and oxygen atoms in total. The molecule has 1 heterocycles. The molecule has 0 radical (unpaired) electrons. The first kappa shape index (κ1) is 12.7. The van der Waals surface area contributed by atoms with Crippen LogP contribution in [0.2, 0.25) is 0 Å². The van der Waals surface area contributed by atoms with E-state index < -0.39 is 0 Å². The molecular formula is C15H19NO2. The summed E-state index contributed by atoms with van der Waals surface area (Å²) in [6.45, 7) is 8.48. The number of rotatable bonds is 3. The molecule has 0 fully saturated rings. The molecule has 1 aromatic heterocycles. The molecule has 1 N–H and O–H groups in total. The van der Waals surface area contributed by atoms with Crippen LogP contribution >= 0.6 is 0 Å². The Bertz CT molecular complexity index is 596. The van der Waals surface area contributed by atoms with Crippen molar-refractivity contribution in [1.82, 2.24) is 4.98 Å². The summed E-state index contributed by atoms with van der Waals surface area (Å²) in [4.78, 5) is 14.9. The molecule has 2 aromatic rings. The molecule has 96 valence electrons. The molecule has 0 bridgehead atoms. The van der Waals surface area contributed by atoms with Crippen molar-refractivity contribution < 1.29 is 9.53 Å². The van der Waals surface area contributed by atoms with E-state index in [-0.39, 0.29) is 5.97 Å². The van der Waals surface area contributed by atoms with Crippen LogP contribution in [0.25, 0.3) is 10.9 Å². The molecule has 0 saturated heterocycles. The van der Waals surface area contributed by atoms with Crippen molar-refractivity contribution in [2.24, 2.45) is 0 Å². The molecule has 0 saturated carbocycles. The molecule has 0 aliphatic rings. The van der Waals surface area contributed by atoms with Gasteiger partial charge < -0.3 is 9.72 Å². The Hall–Kier alpha value is -1.77. The molecule has 3 heteroatoms. The van der Waals surface area contributed by atoms with Crippen molar-refractivity contribution in [3.63, 3.8) is 0 Å². The van der Waals surface area contributed by atoms with E-state index in [1.54, 1.807) is 0 Å². The van der Waals surface area contributed by atoms with Crippen LogP contribution in [0.5, 0.6) is 0 Å². The highest BCUT2D eigenvalue weighted by molar-refractivity contribution is 5.91. The predicted octanol–water partition coefficient (Wildman–Crippen LogP) is 3.20. The summed E-state index contributed by atoms with van der Waals surface area (Å²) in [5.74, 6) is -0.178. The lowest BCUT2D eigenvalue weighted by Crippen LogP contribution is -2.08. The van der Waals surface area contributed by atoms with Crippen molar-refractivity contribution in [3.8, 4) is 0 Å². The maximum atomic E-state index is 11.6. The minimum Gasteiger partial charge on any atom is -0.466 e. The summed E-state index contributed by atoms with van der Waals surface area (Å²) in [6.07, 6.45) is 0.313. The monoisotopic (exact) mass is 245 g/mol. The SMILES string of the molecule is CCOC(=O)Cc1[nH]c2c(C)ccc(C)c2c1C. The highest BCUT2D eigenvalue weighted by Gasteiger charge is 2.14. The molecule has 0 aliphatic carbocycles. The largest absolute Gasteiger partial charge is 0.466 e. The number of esters is 1. The Morgan fingerprint density at radius 3 is 2.50 bits per heavy atom. The number of benzene rings is 1. The van der Waals surface area contributed by atoms with Gasteiger partial charge in [0.25, 0.3) is 0 Å². The van der Waals surface area contributed by atoms with Crippen molar-refractivity contribution >= 4 is 16.9 Å². The van der Waals surface area contributed by atoms with E-state index in [4.69, 9.17) is 4.74 Å². The van der Waals surface area contributed by atoms with Crippen molar-refractivity contribution in [1.29, 1.82) is 0 Å². The second-order valence-electron chi connectivity index (χ2n) is 4.66. The minimum atomic E-state index is -0.178. The molecule has 0 amide bonds. The Balaban J connectivity index is 2.47. The van der Waals surface area contributed by atoms with Gasteiger partial charge in [0, 0.05) is 16.6 Å². The second-order valence-corrected chi connectivity index (χ2v) is 4.66. The Kier molecular flexibility index (Phi) is 3.41. The van der Waals surface area contributed by atoms with E-state index >= 15 is 0 Å². The maximum Gasteiger partial charge on any atom is 0.311 e. The average Bonchev–Trinajstić information content (AvgIpc) is 2.63. The number of ether oxygens (including phenoxy) is 1. The van der Waals surface area contributed by atoms with E-state index in [0.29, 0.717) is 13.0 Å². The molecular weight excluding hydrogens is 226 g/mol. The van der Waals surface area contributed by atoms with Gasteiger partial charge in [-0.2, -0.15) is 0 Å². The second kappa shape index (κ2) is 4.84. The topological polar surface area (TPSA) is 42.1 Å². The fourth-order valence-electron chi connectivity index (χ4n) is 2.38. The maximum absolute atomic E-state index is 11.6. The third-order valence-corrected chi connectivity index (χ3v) is 3.35. The number of hydrogen-bond acceptors (Lipinski definition) is 2. The number of hydrogen-bond donors (Lipinski definition) is 1. The van der Waals surface area contributed by atoms with E-state index in [9.17, 15) is 4.79 Å². The van der Waals surface area contributed by atoms with Crippen molar-refractivity contribution in [2.75, 3.05) is 6.61 Å². The van der Waals surface area contributed by atoms with Gasteiger partial charge in [-0.25, -0.2) is 0 Å². The van der Waals surface area contributed by atoms with Crippen LogP contribution in [0.3, 0.4) is 0 Å². The van der Waals surface area contributed by atoms with Gasteiger partial charge in [0.2, 0.25) is 0 Å². The summed E-state index contributed by atoms with van der Waals surface area (Å²) >= 11 is 0. The van der Waals surface area contributed by atoms with Gasteiger partial charge >= 0.3 is 5.97 Å². The van der Waals surface area contributed by atoms with Crippen LogP contribution in [0.4, 0.5) is 0 Å². The summed E-state index contributed by atoms with van der Waals surface area (Å²) in [6, 6.07) is 4.22. The Morgan fingerprint density at radius 2 is 1.89 bits per heavy atom. The lowest BCUT2D eigenvalue weighted by molar-refractivity contribution is -0.142. The van der Waals surface area contributed by atoms with Crippen LogP contribution in [0.15, 0.2) is 12.1 Å². The molecule has 0 atom stereocenters. The predicted molar refractivity (Wildman–Crippen MR) is 72.8 cm³/mol. The summed E-state index contributed by atoms with van der Waals surface area (Å²) < 4.78 is 5.00. The van der Waals surface area contributed by atoms with Crippen LogP contribution in [-0.4, -0.2) is 17.6 Å². The summed E-state index contributed by atoms with van der Waals surface area (Å²) in [5.41, 5.74) is 5.68. The summed E-state index contributed by atoms with van der Waals surface area (Å²) in [7, 11) is 0. The highest BCUT2D eigenvalue weighted by atomic mass is 16.5. The first-order valence-electron chi connectivity index (χ1n) is 6.27. The van der Waals surface area contributed by atoms with Crippen LogP contribution in [0.1, 0.15) is 29.3 Å². The van der Waals surface area contributed by atoms with Crippen molar-refractivity contribution in [3.05, 3.63) is 34.5 Å². The lowest BCUT2D eigenvalue weighted by atomic mass is 10.0. The van der Waals surface area contributed by atoms with Gasteiger partial charge in [0.1, 0.15) is 0 Å². The zero-order chi connectivity index (χ0) is 13.3. The normalized spacial score (nSPS) is 10.9. The molecule has 1 aromatic carbocycles. The number of aryl methyl sites for hydroxylation is 3. The fourth-order valence-corrected chi connectivity index (χ4v) is 2.38. The third kappa shape index (κ3) is 2.13. The molecule has 0 spiro atoms. The third-order valence-electron chi connectivity index (χ3n) is 3.35. The first-order valence-corrected chi connectivity index (χ1v) is 6.27. The van der Waals surface area contributed by atoms with E-state index in [1.807, 2.05) is 6.92 Å². The lowest BCUT2D eigenvalue weighted by Gasteiger charge is -2.01. The minimum absolute atomic E-state index is 0.178. The van der Waals surface area contributed by atoms with Crippen LogP contribution in [-0.2, 0) is 16.0 Å². The number of aromatic amines is 1. The molecule has 18 heavy (non-hydrogen) atoms. The zero-order valence-electron chi connectivity index (χ0n) is 11.4. The molecule has 0 aliphatic heterocycles. The van der Waals surface area contributed by atoms with Crippen LogP contribution in [0, 0.1) is 20.8 Å². The number of fused-ring (bicyclic) bond motifs is 1. The number of H-pyrrole nitrogens is 1. The zero-order valence-corrected chi connectivity index (χ0v) is 11.4. The summed E-state index contributed by atoms with van der Waals surface area (Å²) in [5, 5.41) is 1.23. The fraction of sp³-hybridized carbons (Fsp3) is 0.400. The van der Waals surface area contributed by atoms with E-state index in [1.165, 1.54) is 16.5 Å². The Morgan fingerprint density at radius 1 is 1.22 bits per heavy atom. The number of carbonyl (C=O) groups excluding carboxylic acids is 1. The molecule has 0 unspecified atom stereocenters. The number of aromatic nitrogens is 1. The first-order chi connectivity index (χ1) is 8.54. The van der Waals surface area contributed by atoms with Crippen LogP contribution < -0.4 is 0 Å². The average molecular weight is 245 g/mol. The smallest absolute Gasteiger partial charge is 0.311 e. The van der Waals surface area contributed by atoms with Gasteiger partial charge in [-0.05, 0) is 44.4 Å². The van der Waals surface area contributed by atoms with Gasteiger partial charge in [-0.1, -0.05) is 12.1 Å². The van der Waals surface area contributed by atoms with Gasteiger partial charge in [0.05, 0.1) is 13.0 Å². The quantitative estimate of drug-likeness (QED) is 0.844. The number of carbonyl (C=O) groups is 1. The molecule has 2 rings (SSSR count). The standard InChI is InChI=1S/C15H19NO2/c1-5-18-13(17)8-12-11(4)14-9(2)6-7-10(3)15(14)16-12/h6-7,16H,5,8H2,1-4H3. The Labute approximate surface area is 107 Å². The van der Waals surface area contributed by atoms with Gasteiger partial charge in [-0.15, -0.1) is 0 Å².